The standard InChI is InChI=1S/C23H31N3O2/c1-5-16(4)17-6-8-18(9-7-17)22(15(2)3)25-14-21(27)26-20-12-10-19(11-13-20)23(24)28/h6-13,15-16,22,25H,5,14H2,1-4H3,(H2,24,28)(H,26,27)/p+1/t16-,22+/m1/s1. The van der Waals surface area contributed by atoms with Gasteiger partial charge >= 0.3 is 0 Å². The maximum atomic E-state index is 12.3. The summed E-state index contributed by atoms with van der Waals surface area (Å²) in [5, 5.41) is 4.94. The molecule has 0 bridgehead atoms. The predicted molar refractivity (Wildman–Crippen MR) is 113 cm³/mol. The van der Waals surface area contributed by atoms with Crippen molar-refractivity contribution < 1.29 is 14.9 Å². The average molecular weight is 383 g/mol. The molecule has 28 heavy (non-hydrogen) atoms. The summed E-state index contributed by atoms with van der Waals surface area (Å²) in [5.41, 5.74) is 8.90. The van der Waals surface area contributed by atoms with Crippen molar-refractivity contribution in [2.24, 2.45) is 11.7 Å². The third-order valence-electron chi connectivity index (χ3n) is 5.23. The quantitative estimate of drug-likeness (QED) is 0.622. The number of hydrogen-bond donors (Lipinski definition) is 3. The van der Waals surface area contributed by atoms with Crippen LogP contribution in [0.1, 0.15) is 67.6 Å². The topological polar surface area (TPSA) is 88.8 Å². The maximum Gasteiger partial charge on any atom is 0.279 e. The molecular formula is C23H32N3O2+. The van der Waals surface area contributed by atoms with Gasteiger partial charge in [0.05, 0.1) is 0 Å². The molecular weight excluding hydrogens is 350 g/mol. The van der Waals surface area contributed by atoms with Crippen molar-refractivity contribution in [1.82, 2.24) is 0 Å². The summed E-state index contributed by atoms with van der Waals surface area (Å²) < 4.78 is 0. The fraction of sp³-hybridized carbons (Fsp3) is 0.391. The molecule has 0 heterocycles. The Hall–Kier alpha value is -2.66. The molecule has 0 saturated heterocycles. The summed E-state index contributed by atoms with van der Waals surface area (Å²) >= 11 is 0. The monoisotopic (exact) mass is 382 g/mol. The molecule has 2 amide bonds. The molecule has 5 heteroatoms. The molecule has 0 aliphatic rings. The largest absolute Gasteiger partial charge is 0.366 e. The Morgan fingerprint density at radius 3 is 2.04 bits per heavy atom. The molecule has 0 aromatic heterocycles. The first-order valence-corrected chi connectivity index (χ1v) is 9.94. The number of hydrogen-bond acceptors (Lipinski definition) is 2. The minimum atomic E-state index is -0.481. The van der Waals surface area contributed by atoms with E-state index in [1.165, 1.54) is 11.1 Å². The molecule has 5 N–H and O–H groups in total. The van der Waals surface area contributed by atoms with Gasteiger partial charge in [0.25, 0.3) is 5.91 Å². The van der Waals surface area contributed by atoms with Gasteiger partial charge in [0.2, 0.25) is 5.91 Å². The van der Waals surface area contributed by atoms with Crippen LogP contribution in [0.5, 0.6) is 0 Å². The number of benzene rings is 2. The van der Waals surface area contributed by atoms with Crippen LogP contribution in [0.15, 0.2) is 48.5 Å². The average Bonchev–Trinajstić information content (AvgIpc) is 2.68. The van der Waals surface area contributed by atoms with Crippen molar-refractivity contribution in [3.8, 4) is 0 Å². The molecule has 0 spiro atoms. The number of primary amides is 1. The lowest BCUT2D eigenvalue weighted by molar-refractivity contribution is -0.692. The summed E-state index contributed by atoms with van der Waals surface area (Å²) in [6.45, 7) is 9.10. The van der Waals surface area contributed by atoms with Crippen LogP contribution < -0.4 is 16.4 Å². The Kier molecular flexibility index (Phi) is 7.76. The van der Waals surface area contributed by atoms with Crippen molar-refractivity contribution in [2.45, 2.75) is 46.1 Å². The number of quaternary nitrogens is 1. The van der Waals surface area contributed by atoms with Crippen LogP contribution in [0, 0.1) is 5.92 Å². The van der Waals surface area contributed by atoms with Crippen molar-refractivity contribution in [1.29, 1.82) is 0 Å². The number of carbonyl (C=O) groups is 2. The van der Waals surface area contributed by atoms with Gasteiger partial charge in [0.1, 0.15) is 6.04 Å². The van der Waals surface area contributed by atoms with E-state index >= 15 is 0 Å². The Morgan fingerprint density at radius 2 is 1.54 bits per heavy atom. The van der Waals surface area contributed by atoms with E-state index in [0.717, 1.165) is 6.42 Å². The van der Waals surface area contributed by atoms with Gasteiger partial charge in [-0.3, -0.25) is 9.59 Å². The van der Waals surface area contributed by atoms with E-state index in [4.69, 9.17) is 5.73 Å². The summed E-state index contributed by atoms with van der Waals surface area (Å²) in [7, 11) is 0. The highest BCUT2D eigenvalue weighted by molar-refractivity contribution is 5.95. The van der Waals surface area contributed by atoms with Gasteiger partial charge < -0.3 is 16.4 Å². The second-order valence-corrected chi connectivity index (χ2v) is 7.68. The highest BCUT2D eigenvalue weighted by atomic mass is 16.2. The zero-order chi connectivity index (χ0) is 20.7. The van der Waals surface area contributed by atoms with Crippen molar-refractivity contribution in [3.63, 3.8) is 0 Å². The Bertz CT molecular complexity index is 782. The van der Waals surface area contributed by atoms with Gasteiger partial charge in [-0.1, -0.05) is 52.0 Å². The van der Waals surface area contributed by atoms with E-state index in [1.807, 2.05) is 0 Å². The maximum absolute atomic E-state index is 12.3. The number of anilines is 1. The van der Waals surface area contributed by atoms with Gasteiger partial charge in [0.15, 0.2) is 6.54 Å². The number of amides is 2. The number of carbonyl (C=O) groups excluding carboxylic acids is 2. The van der Waals surface area contributed by atoms with E-state index in [9.17, 15) is 9.59 Å². The van der Waals surface area contributed by atoms with Gasteiger partial charge in [-0.05, 0) is 42.2 Å². The Labute approximate surface area is 167 Å². The molecule has 0 aliphatic heterocycles. The Morgan fingerprint density at radius 1 is 0.964 bits per heavy atom. The summed E-state index contributed by atoms with van der Waals surface area (Å²) in [6, 6.07) is 15.6. The van der Waals surface area contributed by atoms with Crippen LogP contribution in [0.2, 0.25) is 0 Å². The lowest BCUT2D eigenvalue weighted by Crippen LogP contribution is -2.88. The highest BCUT2D eigenvalue weighted by Gasteiger charge is 2.21. The summed E-state index contributed by atoms with van der Waals surface area (Å²) in [5.74, 6) is 0.401. The molecule has 2 aromatic rings. The molecule has 0 saturated carbocycles. The van der Waals surface area contributed by atoms with Gasteiger partial charge in [-0.25, -0.2) is 0 Å². The number of nitrogens with two attached hydrogens (primary N) is 2. The zero-order valence-electron chi connectivity index (χ0n) is 17.2. The zero-order valence-corrected chi connectivity index (χ0v) is 17.2. The molecule has 2 atom stereocenters. The Balaban J connectivity index is 1.96. The smallest absolute Gasteiger partial charge is 0.279 e. The molecule has 0 radical (unpaired) electrons. The second-order valence-electron chi connectivity index (χ2n) is 7.68. The fourth-order valence-electron chi connectivity index (χ4n) is 3.24. The molecule has 2 aromatic carbocycles. The molecule has 0 fully saturated rings. The predicted octanol–water partition coefficient (Wildman–Crippen LogP) is 3.20. The van der Waals surface area contributed by atoms with Crippen molar-refractivity contribution in [3.05, 3.63) is 65.2 Å². The number of nitrogens with one attached hydrogen (secondary N) is 1. The van der Waals surface area contributed by atoms with E-state index in [1.54, 1.807) is 24.3 Å². The normalized spacial score (nSPS) is 13.2. The first-order valence-electron chi connectivity index (χ1n) is 9.94. The molecule has 0 aliphatic carbocycles. The van der Waals surface area contributed by atoms with Crippen LogP contribution in [-0.4, -0.2) is 18.4 Å². The second kappa shape index (κ2) is 10.0. The van der Waals surface area contributed by atoms with Gasteiger partial charge in [-0.2, -0.15) is 0 Å². The third-order valence-corrected chi connectivity index (χ3v) is 5.23. The van der Waals surface area contributed by atoms with Crippen molar-refractivity contribution >= 4 is 17.5 Å². The third kappa shape index (κ3) is 5.92. The minimum Gasteiger partial charge on any atom is -0.366 e. The number of rotatable bonds is 9. The van der Waals surface area contributed by atoms with Crippen LogP contribution in [-0.2, 0) is 4.79 Å². The SMILES string of the molecule is CC[C@@H](C)c1ccc([C@@H]([NH2+]CC(=O)Nc2ccc(C(N)=O)cc2)C(C)C)cc1. The van der Waals surface area contributed by atoms with E-state index < -0.39 is 5.91 Å². The first-order chi connectivity index (χ1) is 13.3. The lowest BCUT2D eigenvalue weighted by Gasteiger charge is -2.20. The van der Waals surface area contributed by atoms with Crippen LogP contribution in [0.4, 0.5) is 5.69 Å². The lowest BCUT2D eigenvalue weighted by atomic mass is 9.92. The van der Waals surface area contributed by atoms with E-state index in [0.29, 0.717) is 29.6 Å². The molecule has 150 valence electrons. The van der Waals surface area contributed by atoms with Crippen LogP contribution in [0.25, 0.3) is 0 Å². The van der Waals surface area contributed by atoms with E-state index in [2.05, 4.69) is 62.6 Å². The van der Waals surface area contributed by atoms with Crippen molar-refractivity contribution in [2.75, 3.05) is 11.9 Å². The fourth-order valence-corrected chi connectivity index (χ4v) is 3.24. The van der Waals surface area contributed by atoms with Crippen LogP contribution >= 0.6 is 0 Å². The summed E-state index contributed by atoms with van der Waals surface area (Å²) in [6.07, 6.45) is 1.12. The van der Waals surface area contributed by atoms with Crippen LogP contribution in [0.3, 0.4) is 0 Å². The summed E-state index contributed by atoms with van der Waals surface area (Å²) in [4.78, 5) is 23.5. The highest BCUT2D eigenvalue weighted by Crippen LogP contribution is 2.23. The first kappa shape index (κ1) is 21.6. The van der Waals surface area contributed by atoms with Gasteiger partial charge in [0, 0.05) is 22.7 Å². The minimum absolute atomic E-state index is 0.0753. The molecule has 2 rings (SSSR count). The molecule has 5 nitrogen and oxygen atoms in total. The van der Waals surface area contributed by atoms with E-state index in [-0.39, 0.29) is 11.9 Å². The molecule has 0 unspecified atom stereocenters. The van der Waals surface area contributed by atoms with Gasteiger partial charge in [-0.15, -0.1) is 0 Å².